The van der Waals surface area contributed by atoms with Gasteiger partial charge in [0.05, 0.1) is 29.9 Å². The SMILES string of the molecule is CC#CCN1C(=[N+]2CCC[C@@H](N)C2)N=C2C1C(=O)N(Cc1nc3cc(Cl)ccc3s1)C(=O)N2C. The molecule has 11 heteroatoms. The van der Waals surface area contributed by atoms with Gasteiger partial charge in [0.2, 0.25) is 11.9 Å². The molecule has 2 saturated heterocycles. The van der Waals surface area contributed by atoms with Crippen molar-refractivity contribution < 1.29 is 14.2 Å². The molecule has 176 valence electrons. The molecule has 1 unspecified atom stereocenters. The zero-order valence-electron chi connectivity index (χ0n) is 19.0. The number of carbonyl (C=O) groups excluding carboxylic acids is 2. The van der Waals surface area contributed by atoms with Crippen LogP contribution in [0.3, 0.4) is 0 Å². The summed E-state index contributed by atoms with van der Waals surface area (Å²) in [4.78, 5) is 40.9. The van der Waals surface area contributed by atoms with Crippen molar-refractivity contribution in [3.63, 3.8) is 0 Å². The number of aromatic nitrogens is 1. The van der Waals surface area contributed by atoms with Crippen LogP contribution in [0.4, 0.5) is 4.79 Å². The molecule has 0 bridgehead atoms. The third-order valence-electron chi connectivity index (χ3n) is 6.24. The van der Waals surface area contributed by atoms with Crippen LogP contribution in [0.15, 0.2) is 23.2 Å². The van der Waals surface area contributed by atoms with Crippen LogP contribution in [-0.4, -0.2) is 86.8 Å². The van der Waals surface area contributed by atoms with Gasteiger partial charge in [-0.1, -0.05) is 22.5 Å². The van der Waals surface area contributed by atoms with Crippen LogP contribution in [0.2, 0.25) is 5.02 Å². The Bertz CT molecular complexity index is 1310. The van der Waals surface area contributed by atoms with E-state index in [-0.39, 0.29) is 18.5 Å². The second kappa shape index (κ2) is 8.98. The van der Waals surface area contributed by atoms with Gasteiger partial charge in [-0.15, -0.1) is 17.3 Å². The third-order valence-corrected chi connectivity index (χ3v) is 7.50. The number of amides is 3. The van der Waals surface area contributed by atoms with E-state index < -0.39 is 12.1 Å². The van der Waals surface area contributed by atoms with Gasteiger partial charge in [-0.3, -0.25) is 19.2 Å². The number of rotatable bonds is 3. The molecule has 1 aromatic carbocycles. The predicted molar refractivity (Wildman–Crippen MR) is 132 cm³/mol. The van der Waals surface area contributed by atoms with Crippen LogP contribution >= 0.6 is 22.9 Å². The largest absolute Gasteiger partial charge is 0.393 e. The van der Waals surface area contributed by atoms with Crippen LogP contribution in [0, 0.1) is 11.8 Å². The van der Waals surface area contributed by atoms with E-state index in [0.29, 0.717) is 34.9 Å². The van der Waals surface area contributed by atoms with Gasteiger partial charge in [0.15, 0.2) is 0 Å². The average Bonchev–Trinajstić information content (AvgIpc) is 3.40. The maximum absolute atomic E-state index is 13.7. The van der Waals surface area contributed by atoms with Gasteiger partial charge in [-0.25, -0.2) is 14.7 Å². The predicted octanol–water partition coefficient (Wildman–Crippen LogP) is 1.94. The summed E-state index contributed by atoms with van der Waals surface area (Å²) in [6.45, 7) is 3.62. The first-order valence-electron chi connectivity index (χ1n) is 11.1. The fourth-order valence-corrected chi connectivity index (χ4v) is 5.68. The highest BCUT2D eigenvalue weighted by Crippen LogP contribution is 2.29. The Kier molecular flexibility index (Phi) is 6.02. The van der Waals surface area contributed by atoms with E-state index >= 15 is 0 Å². The monoisotopic (exact) mass is 498 g/mol. The fourth-order valence-electron chi connectivity index (χ4n) is 4.57. The maximum Gasteiger partial charge on any atom is 0.393 e. The molecule has 2 fully saturated rings. The number of fused-ring (bicyclic) bond motifs is 2. The minimum absolute atomic E-state index is 0.0438. The van der Waals surface area contributed by atoms with Crippen LogP contribution in [0.1, 0.15) is 24.8 Å². The normalized spacial score (nSPS) is 24.9. The van der Waals surface area contributed by atoms with E-state index in [1.165, 1.54) is 21.1 Å². The summed E-state index contributed by atoms with van der Waals surface area (Å²) in [7, 11) is 1.65. The van der Waals surface area contributed by atoms with Crippen molar-refractivity contribution in [2.75, 3.05) is 26.7 Å². The van der Waals surface area contributed by atoms with Gasteiger partial charge in [0.25, 0.3) is 5.91 Å². The maximum atomic E-state index is 13.7. The lowest BCUT2D eigenvalue weighted by Gasteiger charge is -2.34. The Labute approximate surface area is 206 Å². The number of nitrogens with zero attached hydrogens (tertiary/aromatic N) is 6. The molecule has 0 saturated carbocycles. The Balaban J connectivity index is 1.50. The molecule has 34 heavy (non-hydrogen) atoms. The number of likely N-dealkylation sites (N-methyl/N-ethyl adjacent to an activating group) is 1. The highest BCUT2D eigenvalue weighted by atomic mass is 35.5. The molecule has 4 heterocycles. The molecule has 1 aromatic heterocycles. The van der Waals surface area contributed by atoms with Crippen LogP contribution in [0.25, 0.3) is 10.2 Å². The molecule has 3 aliphatic rings. The van der Waals surface area contributed by atoms with Crippen LogP contribution < -0.4 is 5.73 Å². The van der Waals surface area contributed by atoms with Crippen molar-refractivity contribution in [1.29, 1.82) is 0 Å². The molecule has 5 rings (SSSR count). The molecule has 2 atom stereocenters. The Morgan fingerprint density at radius 3 is 2.94 bits per heavy atom. The number of guanidine groups is 1. The van der Waals surface area contributed by atoms with Crippen molar-refractivity contribution in [2.24, 2.45) is 10.7 Å². The Morgan fingerprint density at radius 2 is 2.18 bits per heavy atom. The third kappa shape index (κ3) is 3.94. The van der Waals surface area contributed by atoms with Gasteiger partial charge in [-0.05, 0) is 38.0 Å². The topological polar surface area (TPSA) is 98.1 Å². The summed E-state index contributed by atoms with van der Waals surface area (Å²) in [5.74, 6) is 6.72. The molecule has 0 radical (unpaired) electrons. The number of hydrogen-bond donors (Lipinski definition) is 1. The second-order valence-electron chi connectivity index (χ2n) is 8.56. The lowest BCUT2D eigenvalue weighted by molar-refractivity contribution is -0.544. The quantitative estimate of drug-likeness (QED) is 0.515. The van der Waals surface area contributed by atoms with Gasteiger partial charge in [0.1, 0.15) is 11.6 Å². The molecule has 2 aromatic rings. The summed E-state index contributed by atoms with van der Waals surface area (Å²) in [5, 5.41) is 1.26. The number of thiazole rings is 1. The fraction of sp³-hybridized carbons (Fsp3) is 0.435. The summed E-state index contributed by atoms with van der Waals surface area (Å²) in [5.41, 5.74) is 6.96. The number of hydrogen-bond acceptors (Lipinski definition) is 5. The van der Waals surface area contributed by atoms with Gasteiger partial charge in [-0.2, -0.15) is 0 Å². The molecule has 0 spiro atoms. The van der Waals surface area contributed by atoms with Gasteiger partial charge in [0, 0.05) is 18.1 Å². The number of benzene rings is 1. The lowest BCUT2D eigenvalue weighted by atomic mass is 10.1. The molecule has 0 aliphatic carbocycles. The van der Waals surface area contributed by atoms with E-state index in [9.17, 15) is 9.59 Å². The van der Waals surface area contributed by atoms with E-state index in [0.717, 1.165) is 29.6 Å². The number of aliphatic imine (C=N–C) groups is 1. The zero-order chi connectivity index (χ0) is 24.0. The molecule has 3 amide bonds. The van der Waals surface area contributed by atoms with Crippen molar-refractivity contribution >= 4 is 56.9 Å². The first kappa shape index (κ1) is 22.8. The Morgan fingerprint density at radius 1 is 1.35 bits per heavy atom. The second-order valence-corrected chi connectivity index (χ2v) is 10.1. The number of piperidine rings is 1. The smallest absolute Gasteiger partial charge is 0.325 e. The Hall–Kier alpha value is -3.00. The summed E-state index contributed by atoms with van der Waals surface area (Å²) < 4.78 is 3.05. The standard InChI is InChI=1S/C23H25ClN7O2S/c1-3-4-10-30-19-20(27-22(30)29-9-5-6-15(25)12-29)28(2)23(33)31(21(19)32)13-18-26-16-11-14(24)7-8-17(16)34-18/h7-8,11,15,19H,5-6,9-10,12-13,25H2,1-2H3/q+1/t15-,19?/m1/s1. The van der Waals surface area contributed by atoms with Crippen LogP contribution in [-0.2, 0) is 11.3 Å². The van der Waals surface area contributed by atoms with Gasteiger partial charge >= 0.3 is 12.0 Å². The lowest BCUT2D eigenvalue weighted by Crippen LogP contribution is -2.63. The first-order valence-corrected chi connectivity index (χ1v) is 12.3. The van der Waals surface area contributed by atoms with Crippen molar-refractivity contribution in [3.8, 4) is 11.8 Å². The van der Waals surface area contributed by atoms with Gasteiger partial charge < -0.3 is 5.73 Å². The van der Waals surface area contributed by atoms with Crippen LogP contribution in [0.5, 0.6) is 0 Å². The average molecular weight is 499 g/mol. The van der Waals surface area contributed by atoms with Crippen molar-refractivity contribution in [3.05, 3.63) is 28.2 Å². The van der Waals surface area contributed by atoms with E-state index in [2.05, 4.69) is 21.4 Å². The number of imide groups is 1. The molecule has 3 aliphatic heterocycles. The number of urea groups is 1. The number of carbonyl (C=O) groups is 2. The minimum atomic E-state index is -0.722. The molecule has 2 N–H and O–H groups in total. The van der Waals surface area contributed by atoms with Crippen molar-refractivity contribution in [2.45, 2.75) is 38.4 Å². The van der Waals surface area contributed by atoms with E-state index in [4.69, 9.17) is 22.3 Å². The zero-order valence-corrected chi connectivity index (χ0v) is 20.6. The highest BCUT2D eigenvalue weighted by Gasteiger charge is 2.56. The summed E-state index contributed by atoms with van der Waals surface area (Å²) >= 11 is 7.53. The number of nitrogens with two attached hydrogens (primary N) is 1. The first-order chi connectivity index (χ1) is 16.4. The minimum Gasteiger partial charge on any atom is -0.325 e. The molecular weight excluding hydrogens is 474 g/mol. The number of halogens is 1. The molecular formula is C23H25ClN7O2S+. The number of amidine groups is 1. The highest BCUT2D eigenvalue weighted by molar-refractivity contribution is 7.18. The van der Waals surface area contributed by atoms with Crippen molar-refractivity contribution in [1.82, 2.24) is 19.7 Å². The summed E-state index contributed by atoms with van der Waals surface area (Å²) in [6, 6.07) is 4.37. The molecule has 9 nitrogen and oxygen atoms in total. The van der Waals surface area contributed by atoms with E-state index in [1.54, 1.807) is 26.1 Å². The summed E-state index contributed by atoms with van der Waals surface area (Å²) in [6.07, 6.45) is 1.90. The van der Waals surface area contributed by atoms with E-state index in [1.807, 2.05) is 11.0 Å².